The molecule has 1 rings (SSSR count). The molecular weight excluding hydrogens is 363 g/mol. The van der Waals surface area contributed by atoms with Crippen LogP contribution in [-0.4, -0.2) is 54.3 Å². The first kappa shape index (κ1) is 21.5. The zero-order valence-corrected chi connectivity index (χ0v) is 13.9. The molecule has 0 aliphatic heterocycles. The van der Waals surface area contributed by atoms with E-state index in [1.54, 1.807) is 0 Å². The van der Waals surface area contributed by atoms with Gasteiger partial charge >= 0.3 is 14.4 Å². The molecule has 1 aromatic carbocycles. The van der Waals surface area contributed by atoms with Crippen molar-refractivity contribution in [2.45, 2.75) is 5.51 Å². The summed E-state index contributed by atoms with van der Waals surface area (Å²) in [4.78, 5) is 10.4. The van der Waals surface area contributed by atoms with E-state index >= 15 is 0 Å². The highest BCUT2D eigenvalue weighted by Crippen LogP contribution is 2.26. The Labute approximate surface area is 131 Å². The zero-order chi connectivity index (χ0) is 18.7. The Bertz CT molecular complexity index is 746. The fourth-order valence-corrected chi connectivity index (χ4v) is 2.04. The molecule has 0 bridgehead atoms. The number of quaternary nitrogens is 1. The molecule has 1 aromatic rings. The number of hydrogen-bond donors (Lipinski definition) is 0. The minimum Gasteiger partial charge on any atom is -0.735 e. The molecule has 0 N–H and O–H groups in total. The van der Waals surface area contributed by atoms with Gasteiger partial charge in [-0.3, -0.25) is 9.28 Å². The molecule has 23 heavy (non-hydrogen) atoms. The van der Waals surface area contributed by atoms with Crippen molar-refractivity contribution < 1.29 is 39.4 Å². The lowest BCUT2D eigenvalue weighted by molar-refractivity contribution is -0.0414. The van der Waals surface area contributed by atoms with Gasteiger partial charge in [-0.15, -0.1) is 0 Å². The number of carbonyl (C=O) groups excluding carboxylic acids is 1. The first-order valence-corrected chi connectivity index (χ1v) is 9.09. The van der Waals surface area contributed by atoms with E-state index < -0.39 is 23.5 Å². The first-order valence-electron chi connectivity index (χ1n) is 5.68. The quantitative estimate of drug-likeness (QED) is 0.337. The van der Waals surface area contributed by atoms with Crippen LogP contribution in [0.2, 0.25) is 0 Å². The molecule has 0 aliphatic rings. The van der Waals surface area contributed by atoms with E-state index in [-0.39, 0.29) is 0 Å². The van der Waals surface area contributed by atoms with Crippen molar-refractivity contribution >= 4 is 30.0 Å². The Morgan fingerprint density at radius 2 is 1.39 bits per heavy atom. The Hall–Kier alpha value is -1.50. The van der Waals surface area contributed by atoms with Crippen LogP contribution in [0.25, 0.3) is 0 Å². The Balaban J connectivity index is 0.000000423. The molecular formula is C11H14F3NO6S2. The summed E-state index contributed by atoms with van der Waals surface area (Å²) in [5, 5.41) is 0. The highest BCUT2D eigenvalue weighted by Gasteiger charge is 2.50. The summed E-state index contributed by atoms with van der Waals surface area (Å²) in [6, 6.07) is 7.63. The van der Waals surface area contributed by atoms with Gasteiger partial charge in [0.25, 0.3) is 0 Å². The second kappa shape index (κ2) is 6.95. The molecule has 0 saturated heterocycles. The Kier molecular flexibility index (Phi) is 6.49. The van der Waals surface area contributed by atoms with Crippen LogP contribution in [0.1, 0.15) is 10.4 Å². The number of hydrogen-bond acceptors (Lipinski definition) is 6. The lowest BCUT2D eigenvalue weighted by atomic mass is 10.2. The second-order valence-electron chi connectivity index (χ2n) is 5.03. The minimum atomic E-state index is -6.60. The van der Waals surface area contributed by atoms with E-state index in [9.17, 15) is 39.4 Å². The highest BCUT2D eigenvalue weighted by molar-refractivity contribution is 8.65. The normalized spacial score (nSPS) is 13.0. The monoisotopic (exact) mass is 377 g/mol. The summed E-state index contributed by atoms with van der Waals surface area (Å²) in [6.07, 6.45) is 0.861. The van der Waals surface area contributed by atoms with Crippen molar-refractivity contribution in [1.29, 1.82) is 0 Å². The summed E-state index contributed by atoms with van der Waals surface area (Å²) >= 11 is 0. The summed E-state index contributed by atoms with van der Waals surface area (Å²) in [5.74, 6) is 0. The van der Waals surface area contributed by atoms with Gasteiger partial charge in [0.1, 0.15) is 12.0 Å². The zero-order valence-electron chi connectivity index (χ0n) is 12.2. The minimum absolute atomic E-state index is 0.729. The van der Waals surface area contributed by atoms with E-state index in [0.717, 1.165) is 16.3 Å². The number of carbonyl (C=O) groups is 1. The maximum Gasteiger partial charge on any atom is 0.510 e. The number of alkyl halides is 3. The summed E-state index contributed by atoms with van der Waals surface area (Å²) in [5.41, 5.74) is -4.12. The molecule has 7 nitrogen and oxygen atoms in total. The van der Waals surface area contributed by atoms with Crippen molar-refractivity contribution in [3.8, 4) is 0 Å². The van der Waals surface area contributed by atoms with Gasteiger partial charge in [0.2, 0.25) is 9.15 Å². The number of rotatable bonds is 3. The second-order valence-corrected chi connectivity index (χ2v) is 9.76. The summed E-state index contributed by atoms with van der Waals surface area (Å²) < 4.78 is 81.9. The fraction of sp³-hybridized carbons (Fsp3) is 0.364. The van der Waals surface area contributed by atoms with Crippen molar-refractivity contribution in [1.82, 2.24) is 4.48 Å². The SMILES string of the molecule is C[N+](C)(C)c1ccc(C=O)cc1.O=S(=O)([O-])S(=O)(=O)C(F)(F)F. The van der Waals surface area contributed by atoms with Crippen LogP contribution in [0.4, 0.5) is 18.9 Å². The maximum absolute atomic E-state index is 11.2. The third kappa shape index (κ3) is 5.89. The maximum atomic E-state index is 11.2. The van der Waals surface area contributed by atoms with Gasteiger partial charge in [-0.25, -0.2) is 16.8 Å². The summed E-state index contributed by atoms with van der Waals surface area (Å²) in [7, 11) is -6.68. The lowest BCUT2D eigenvalue weighted by Gasteiger charge is -2.23. The average Bonchev–Trinajstić information content (AvgIpc) is 2.36. The molecule has 0 aliphatic carbocycles. The van der Waals surface area contributed by atoms with E-state index in [1.165, 1.54) is 5.69 Å². The van der Waals surface area contributed by atoms with E-state index in [4.69, 9.17) is 0 Å². The first-order chi connectivity index (χ1) is 10.0. The highest BCUT2D eigenvalue weighted by atomic mass is 33.2. The van der Waals surface area contributed by atoms with Crippen LogP contribution in [0.15, 0.2) is 24.3 Å². The Morgan fingerprint density at radius 3 is 1.57 bits per heavy atom. The molecule has 0 unspecified atom stereocenters. The topological polar surface area (TPSA) is 108 Å². The van der Waals surface area contributed by atoms with Gasteiger partial charge in [0, 0.05) is 5.56 Å². The van der Waals surface area contributed by atoms with Crippen LogP contribution in [-0.2, 0) is 18.0 Å². The number of aldehydes is 1. The molecule has 0 radical (unpaired) electrons. The third-order valence-corrected chi connectivity index (χ3v) is 5.64. The molecule has 0 atom stereocenters. The van der Waals surface area contributed by atoms with Crippen LogP contribution >= 0.6 is 0 Å². The molecule has 132 valence electrons. The Morgan fingerprint density at radius 1 is 1.00 bits per heavy atom. The average molecular weight is 377 g/mol. The van der Waals surface area contributed by atoms with Crippen molar-refractivity contribution in [2.75, 3.05) is 21.1 Å². The standard InChI is InChI=1S/C10H14NO.CHF3O5S2/c1-11(2,3)10-6-4-9(8-12)5-7-10;2-1(3,4)10(5,6)11(7,8)9/h4-8H,1-3H3;(H,7,8,9)/q+1;/p-1. The van der Waals surface area contributed by atoms with Gasteiger partial charge in [0.05, 0.1) is 21.1 Å². The smallest absolute Gasteiger partial charge is 0.510 e. The fourth-order valence-electron chi connectivity index (χ4n) is 1.12. The number of benzene rings is 1. The van der Waals surface area contributed by atoms with E-state index in [2.05, 4.69) is 21.1 Å². The van der Waals surface area contributed by atoms with Crippen LogP contribution in [0.5, 0.6) is 0 Å². The van der Waals surface area contributed by atoms with Crippen LogP contribution < -0.4 is 4.48 Å². The van der Waals surface area contributed by atoms with Gasteiger partial charge < -0.3 is 4.55 Å². The molecule has 0 spiro atoms. The van der Waals surface area contributed by atoms with E-state index in [1.807, 2.05) is 24.3 Å². The third-order valence-electron chi connectivity index (χ3n) is 2.36. The van der Waals surface area contributed by atoms with Gasteiger partial charge in [-0.2, -0.15) is 13.2 Å². The van der Waals surface area contributed by atoms with Crippen molar-refractivity contribution in [2.24, 2.45) is 0 Å². The molecule has 0 heterocycles. The molecule has 0 aromatic heterocycles. The molecule has 0 fully saturated rings. The lowest BCUT2D eigenvalue weighted by Crippen LogP contribution is -2.34. The molecule has 0 saturated carbocycles. The van der Waals surface area contributed by atoms with Gasteiger partial charge in [0.15, 0.2) is 0 Å². The van der Waals surface area contributed by atoms with E-state index in [0.29, 0.717) is 0 Å². The number of halogens is 3. The molecule has 12 heteroatoms. The van der Waals surface area contributed by atoms with Gasteiger partial charge in [-0.1, -0.05) is 0 Å². The van der Waals surface area contributed by atoms with Crippen molar-refractivity contribution in [3.63, 3.8) is 0 Å². The van der Waals surface area contributed by atoms with Crippen molar-refractivity contribution in [3.05, 3.63) is 29.8 Å². The van der Waals surface area contributed by atoms with Crippen LogP contribution in [0, 0.1) is 0 Å². The predicted molar refractivity (Wildman–Crippen MR) is 76.1 cm³/mol. The number of nitrogens with zero attached hydrogens (tertiary/aromatic N) is 1. The van der Waals surface area contributed by atoms with Crippen LogP contribution in [0.3, 0.4) is 0 Å². The summed E-state index contributed by atoms with van der Waals surface area (Å²) in [6.45, 7) is 0. The largest absolute Gasteiger partial charge is 0.735 e. The van der Waals surface area contributed by atoms with Gasteiger partial charge in [-0.05, 0) is 24.3 Å². The molecule has 0 amide bonds. The predicted octanol–water partition coefficient (Wildman–Crippen LogP) is 1.08.